The second-order valence-corrected chi connectivity index (χ2v) is 5.03. The monoisotopic (exact) mass is 341 g/mol. The Kier molecular flexibility index (Phi) is 8.14. The fourth-order valence-corrected chi connectivity index (χ4v) is 1.93. The van der Waals surface area contributed by atoms with Gasteiger partial charge in [0.05, 0.1) is 19.8 Å². The van der Waals surface area contributed by atoms with E-state index in [4.69, 9.17) is 26.4 Å². The number of benzene rings is 1. The zero-order valence-electron chi connectivity index (χ0n) is 13.8. The normalized spacial score (nSPS) is 9.91. The summed E-state index contributed by atoms with van der Waals surface area (Å²) >= 11 is 5.21. The van der Waals surface area contributed by atoms with Gasteiger partial charge in [0.15, 0.2) is 5.11 Å². The van der Waals surface area contributed by atoms with Crippen LogP contribution in [0.4, 0.5) is 0 Å². The minimum atomic E-state index is -0.343. The number of carbonyl (C=O) groups excluding carboxylic acids is 1. The number of nitrogens with zero attached hydrogens (tertiary/aromatic N) is 1. The molecule has 0 saturated heterocycles. The van der Waals surface area contributed by atoms with Crippen LogP contribution >= 0.6 is 12.2 Å². The summed E-state index contributed by atoms with van der Waals surface area (Å²) in [5.41, 5.74) is 3.05. The summed E-state index contributed by atoms with van der Waals surface area (Å²) in [4.78, 5) is 12.4. The van der Waals surface area contributed by atoms with Crippen LogP contribution < -0.4 is 20.2 Å². The molecule has 1 aromatic rings. The lowest BCUT2D eigenvalue weighted by Gasteiger charge is -2.22. The molecule has 0 fully saturated rings. The van der Waals surface area contributed by atoms with Gasteiger partial charge >= 0.3 is 0 Å². The largest absolute Gasteiger partial charge is 0.497 e. The topological polar surface area (TPSA) is 72.1 Å². The summed E-state index contributed by atoms with van der Waals surface area (Å²) in [5.74, 6) is 0.679. The third-order valence-corrected chi connectivity index (χ3v) is 3.44. The fraction of sp³-hybridized carbons (Fsp3) is 0.467. The summed E-state index contributed by atoms with van der Waals surface area (Å²) in [6.45, 7) is 1.31. The molecule has 0 bridgehead atoms. The van der Waals surface area contributed by atoms with E-state index in [0.29, 0.717) is 35.3 Å². The van der Waals surface area contributed by atoms with Gasteiger partial charge < -0.3 is 19.5 Å². The highest BCUT2D eigenvalue weighted by molar-refractivity contribution is 7.80. The molecule has 8 heteroatoms. The van der Waals surface area contributed by atoms with Crippen molar-refractivity contribution in [3.05, 3.63) is 23.8 Å². The van der Waals surface area contributed by atoms with Crippen LogP contribution in [0.25, 0.3) is 0 Å². The molecule has 2 N–H and O–H groups in total. The first-order valence-corrected chi connectivity index (χ1v) is 7.47. The molecule has 0 radical (unpaired) electrons. The van der Waals surface area contributed by atoms with Crippen LogP contribution in [-0.2, 0) is 4.74 Å². The van der Waals surface area contributed by atoms with Crippen molar-refractivity contribution in [2.45, 2.75) is 6.42 Å². The van der Waals surface area contributed by atoms with E-state index in [2.05, 4.69) is 10.7 Å². The lowest BCUT2D eigenvalue weighted by molar-refractivity contribution is 0.0882. The SMILES string of the molecule is COCCCNC(=S)N(C)NC(=O)c1cc(OC)ccc1OC. The Hall–Kier alpha value is -2.06. The molecule has 23 heavy (non-hydrogen) atoms. The van der Waals surface area contributed by atoms with E-state index in [0.717, 1.165) is 6.42 Å². The number of ether oxygens (including phenoxy) is 3. The van der Waals surface area contributed by atoms with Gasteiger partial charge in [0.2, 0.25) is 0 Å². The molecule has 1 aromatic carbocycles. The molecule has 0 heterocycles. The molecule has 128 valence electrons. The Morgan fingerprint density at radius 1 is 1.26 bits per heavy atom. The first-order chi connectivity index (χ1) is 11.0. The van der Waals surface area contributed by atoms with Crippen LogP contribution in [0.2, 0.25) is 0 Å². The number of carbonyl (C=O) groups is 1. The Labute approximate surface area is 141 Å². The van der Waals surface area contributed by atoms with Gasteiger partial charge in [-0.2, -0.15) is 0 Å². The lowest BCUT2D eigenvalue weighted by Crippen LogP contribution is -2.48. The van der Waals surface area contributed by atoms with Crippen molar-refractivity contribution >= 4 is 23.2 Å². The molecule has 0 saturated carbocycles. The van der Waals surface area contributed by atoms with Crippen LogP contribution in [0.5, 0.6) is 11.5 Å². The van der Waals surface area contributed by atoms with Crippen molar-refractivity contribution < 1.29 is 19.0 Å². The van der Waals surface area contributed by atoms with Crippen molar-refractivity contribution in [3.63, 3.8) is 0 Å². The molecule has 0 aromatic heterocycles. The molecule has 1 amide bonds. The van der Waals surface area contributed by atoms with Crippen LogP contribution in [0.15, 0.2) is 18.2 Å². The van der Waals surface area contributed by atoms with E-state index in [1.807, 2.05) is 0 Å². The van der Waals surface area contributed by atoms with Gasteiger partial charge in [-0.3, -0.25) is 15.2 Å². The van der Waals surface area contributed by atoms with Crippen molar-refractivity contribution in [1.29, 1.82) is 0 Å². The molecule has 0 atom stereocenters. The number of hydrogen-bond acceptors (Lipinski definition) is 5. The predicted octanol–water partition coefficient (Wildman–Crippen LogP) is 1.19. The third-order valence-electron chi connectivity index (χ3n) is 3.03. The molecule has 0 aliphatic carbocycles. The Morgan fingerprint density at radius 2 is 2.00 bits per heavy atom. The molecule has 0 spiro atoms. The highest BCUT2D eigenvalue weighted by Gasteiger charge is 2.16. The maximum Gasteiger partial charge on any atom is 0.273 e. The molecule has 0 aliphatic heterocycles. The number of thiocarbonyl (C=S) groups is 1. The summed E-state index contributed by atoms with van der Waals surface area (Å²) in [6.07, 6.45) is 0.822. The first-order valence-electron chi connectivity index (χ1n) is 7.07. The average molecular weight is 341 g/mol. The number of rotatable bonds is 7. The van der Waals surface area contributed by atoms with E-state index < -0.39 is 0 Å². The predicted molar refractivity (Wildman–Crippen MR) is 91.9 cm³/mol. The zero-order chi connectivity index (χ0) is 17.2. The molecule has 1 rings (SSSR count). The summed E-state index contributed by atoms with van der Waals surface area (Å²) in [6, 6.07) is 5.01. The van der Waals surface area contributed by atoms with Gasteiger partial charge in [0, 0.05) is 27.3 Å². The number of nitrogens with one attached hydrogen (secondary N) is 2. The van der Waals surface area contributed by atoms with Crippen molar-refractivity contribution in [2.75, 3.05) is 41.5 Å². The molecule has 0 aliphatic rings. The second kappa shape index (κ2) is 9.86. The highest BCUT2D eigenvalue weighted by Crippen LogP contribution is 2.23. The Morgan fingerprint density at radius 3 is 2.61 bits per heavy atom. The Balaban J connectivity index is 2.65. The van der Waals surface area contributed by atoms with E-state index in [1.54, 1.807) is 32.4 Å². The lowest BCUT2D eigenvalue weighted by atomic mass is 10.2. The molecule has 7 nitrogen and oxygen atoms in total. The van der Waals surface area contributed by atoms with Crippen molar-refractivity contribution in [3.8, 4) is 11.5 Å². The van der Waals surface area contributed by atoms with E-state index in [9.17, 15) is 4.79 Å². The maximum atomic E-state index is 12.4. The number of methoxy groups -OCH3 is 3. The number of hydrazine groups is 1. The smallest absolute Gasteiger partial charge is 0.273 e. The van der Waals surface area contributed by atoms with E-state index in [-0.39, 0.29) is 5.91 Å². The van der Waals surface area contributed by atoms with Gasteiger partial charge in [0.25, 0.3) is 5.91 Å². The first kappa shape index (κ1) is 19.0. The van der Waals surface area contributed by atoms with Gasteiger partial charge in [-0.15, -0.1) is 0 Å². The maximum absolute atomic E-state index is 12.4. The van der Waals surface area contributed by atoms with Crippen LogP contribution in [0.3, 0.4) is 0 Å². The van der Waals surface area contributed by atoms with E-state index in [1.165, 1.54) is 19.2 Å². The zero-order valence-corrected chi connectivity index (χ0v) is 14.7. The summed E-state index contributed by atoms with van der Waals surface area (Å²) in [5, 5.41) is 4.89. The quantitative estimate of drug-likeness (QED) is 0.438. The van der Waals surface area contributed by atoms with Crippen LogP contribution in [-0.4, -0.2) is 57.6 Å². The fourth-order valence-electron chi connectivity index (χ4n) is 1.79. The third kappa shape index (κ3) is 5.91. The van der Waals surface area contributed by atoms with Gasteiger partial charge in [-0.05, 0) is 36.8 Å². The summed E-state index contributed by atoms with van der Waals surface area (Å²) in [7, 11) is 6.35. The molecule has 0 unspecified atom stereocenters. The number of amides is 1. The van der Waals surface area contributed by atoms with Crippen molar-refractivity contribution in [2.24, 2.45) is 0 Å². The van der Waals surface area contributed by atoms with Gasteiger partial charge in [-0.25, -0.2) is 0 Å². The number of hydrogen-bond donors (Lipinski definition) is 2. The summed E-state index contributed by atoms with van der Waals surface area (Å²) < 4.78 is 15.3. The average Bonchev–Trinajstić information content (AvgIpc) is 2.57. The van der Waals surface area contributed by atoms with Crippen molar-refractivity contribution in [1.82, 2.24) is 15.8 Å². The second-order valence-electron chi connectivity index (χ2n) is 4.64. The molecular formula is C15H23N3O4S. The van der Waals surface area contributed by atoms with E-state index >= 15 is 0 Å². The van der Waals surface area contributed by atoms with Crippen LogP contribution in [0, 0.1) is 0 Å². The minimum Gasteiger partial charge on any atom is -0.497 e. The Bertz CT molecular complexity index is 539. The highest BCUT2D eigenvalue weighted by atomic mass is 32.1. The van der Waals surface area contributed by atoms with Gasteiger partial charge in [-0.1, -0.05) is 0 Å². The van der Waals surface area contributed by atoms with Gasteiger partial charge in [0.1, 0.15) is 11.5 Å². The minimum absolute atomic E-state index is 0.343. The molecular weight excluding hydrogens is 318 g/mol. The van der Waals surface area contributed by atoms with Crippen LogP contribution in [0.1, 0.15) is 16.8 Å². The standard InChI is InChI=1S/C15H23N3O4S/c1-18(15(23)16-8-5-9-20-2)17-14(19)12-10-11(21-3)6-7-13(12)22-4/h6-7,10H,5,8-9H2,1-4H3,(H,16,23)(H,17,19).